The van der Waals surface area contributed by atoms with Gasteiger partial charge in [-0.15, -0.1) is 0 Å². The Morgan fingerprint density at radius 2 is 2.22 bits per heavy atom. The molecule has 0 aliphatic heterocycles. The number of methoxy groups -OCH3 is 1. The van der Waals surface area contributed by atoms with Crippen molar-refractivity contribution in [3.05, 3.63) is 33.9 Å². The van der Waals surface area contributed by atoms with E-state index in [1.165, 1.54) is 18.1 Å². The molecule has 1 aromatic carbocycles. The first kappa shape index (κ1) is 13.9. The summed E-state index contributed by atoms with van der Waals surface area (Å²) in [6, 6.07) is 3.50. The predicted octanol–water partition coefficient (Wildman–Crippen LogP) is 1.02. The maximum absolute atomic E-state index is 11.9. The summed E-state index contributed by atoms with van der Waals surface area (Å²) in [6.07, 6.45) is 0. The van der Waals surface area contributed by atoms with Crippen LogP contribution in [0, 0.1) is 10.1 Å². The monoisotopic (exact) mass is 254 g/mol. The Kier molecular flexibility index (Phi) is 4.61. The summed E-state index contributed by atoms with van der Waals surface area (Å²) in [5.74, 6) is -0.858. The molecule has 18 heavy (non-hydrogen) atoms. The van der Waals surface area contributed by atoms with Gasteiger partial charge in [-0.05, 0) is 12.1 Å². The Morgan fingerprint density at radius 1 is 1.56 bits per heavy atom. The maximum Gasteiger partial charge on any atom is 0.310 e. The van der Waals surface area contributed by atoms with Crippen molar-refractivity contribution in [2.75, 3.05) is 27.3 Å². The van der Waals surface area contributed by atoms with Gasteiger partial charge in [-0.1, -0.05) is 0 Å². The quantitative estimate of drug-likeness (QED) is 0.625. The molecule has 0 heterocycles. The second kappa shape index (κ2) is 5.97. The fraction of sp³-hybridized carbons (Fsp3) is 0.364. The Balaban J connectivity index is 2.87. The number of carbonyl (C=O) groups excluding carboxylic acids is 1. The summed E-state index contributed by atoms with van der Waals surface area (Å²) in [7, 11) is 3.11. The topological polar surface area (TPSA) is 92.9 Å². The number of nitro groups is 1. The molecule has 0 fully saturated rings. The van der Waals surface area contributed by atoms with Crippen LogP contribution in [0.15, 0.2) is 18.2 Å². The van der Waals surface area contributed by atoms with Gasteiger partial charge in [0.1, 0.15) is 0 Å². The molecule has 1 rings (SSSR count). The van der Waals surface area contributed by atoms with Gasteiger partial charge >= 0.3 is 5.69 Å². The van der Waals surface area contributed by atoms with Crippen LogP contribution in [0.2, 0.25) is 0 Å². The minimum absolute atomic E-state index is 0.191. The number of amides is 1. The van der Waals surface area contributed by atoms with E-state index in [1.807, 2.05) is 0 Å². The average molecular weight is 254 g/mol. The van der Waals surface area contributed by atoms with E-state index in [2.05, 4.69) is 0 Å². The highest BCUT2D eigenvalue weighted by molar-refractivity contribution is 5.94. The Labute approximate surface area is 104 Å². The zero-order chi connectivity index (χ0) is 13.7. The highest BCUT2D eigenvalue weighted by Crippen LogP contribution is 2.26. The molecule has 0 radical (unpaired) electrons. The SMILES string of the molecule is COCCN(C)C(=O)c1ccc([N+](=O)[O-])c(O)c1. The fourth-order valence-electron chi connectivity index (χ4n) is 1.36. The number of phenols is 1. The van der Waals surface area contributed by atoms with Crippen LogP contribution >= 0.6 is 0 Å². The highest BCUT2D eigenvalue weighted by Gasteiger charge is 2.17. The van der Waals surface area contributed by atoms with Gasteiger partial charge in [0.05, 0.1) is 11.5 Å². The van der Waals surface area contributed by atoms with Gasteiger partial charge in [0.25, 0.3) is 5.91 Å². The van der Waals surface area contributed by atoms with Gasteiger partial charge in [0.2, 0.25) is 0 Å². The normalized spacial score (nSPS) is 10.1. The van der Waals surface area contributed by atoms with E-state index in [4.69, 9.17) is 4.74 Å². The summed E-state index contributed by atoms with van der Waals surface area (Å²) < 4.78 is 4.84. The molecule has 0 aromatic heterocycles. The number of ether oxygens (including phenoxy) is 1. The summed E-state index contributed by atoms with van der Waals surface area (Å²) >= 11 is 0. The summed E-state index contributed by atoms with van der Waals surface area (Å²) in [5.41, 5.74) is -0.234. The molecule has 0 aliphatic carbocycles. The van der Waals surface area contributed by atoms with Crippen molar-refractivity contribution in [1.29, 1.82) is 0 Å². The first-order chi connectivity index (χ1) is 8.47. The third-order valence-electron chi connectivity index (χ3n) is 2.40. The van der Waals surface area contributed by atoms with E-state index < -0.39 is 16.4 Å². The first-order valence-corrected chi connectivity index (χ1v) is 5.19. The van der Waals surface area contributed by atoms with Crippen LogP contribution < -0.4 is 0 Å². The Hall–Kier alpha value is -2.15. The van der Waals surface area contributed by atoms with Gasteiger partial charge < -0.3 is 14.7 Å². The van der Waals surface area contributed by atoms with Crippen molar-refractivity contribution < 1.29 is 19.6 Å². The van der Waals surface area contributed by atoms with Gasteiger partial charge in [-0.2, -0.15) is 0 Å². The number of phenolic OH excluding ortho intramolecular Hbond substituents is 1. The van der Waals surface area contributed by atoms with E-state index in [9.17, 15) is 20.0 Å². The van der Waals surface area contributed by atoms with E-state index >= 15 is 0 Å². The summed E-state index contributed by atoms with van der Waals surface area (Å²) in [5, 5.41) is 19.9. The standard InChI is InChI=1S/C11H14N2O5/c1-12(5-6-18-2)11(15)8-3-4-9(13(16)17)10(14)7-8/h3-4,7,14H,5-6H2,1-2H3. The lowest BCUT2D eigenvalue weighted by molar-refractivity contribution is -0.385. The van der Waals surface area contributed by atoms with Crippen LogP contribution in [-0.4, -0.2) is 48.1 Å². The molecule has 7 nitrogen and oxygen atoms in total. The number of carbonyl (C=O) groups is 1. The van der Waals surface area contributed by atoms with Crippen LogP contribution in [0.1, 0.15) is 10.4 Å². The minimum atomic E-state index is -0.710. The van der Waals surface area contributed by atoms with Crippen molar-refractivity contribution in [3.8, 4) is 5.75 Å². The molecule has 0 spiro atoms. The Bertz CT molecular complexity index is 461. The van der Waals surface area contributed by atoms with Gasteiger partial charge in [-0.25, -0.2) is 0 Å². The number of aromatic hydroxyl groups is 1. The van der Waals surface area contributed by atoms with Crippen molar-refractivity contribution >= 4 is 11.6 Å². The fourth-order valence-corrected chi connectivity index (χ4v) is 1.36. The molecule has 0 atom stereocenters. The molecule has 7 heteroatoms. The molecule has 1 aromatic rings. The molecule has 1 N–H and O–H groups in total. The smallest absolute Gasteiger partial charge is 0.310 e. The molecular formula is C11H14N2O5. The molecule has 1 amide bonds. The van der Waals surface area contributed by atoms with Gasteiger partial charge in [-0.3, -0.25) is 14.9 Å². The third-order valence-corrected chi connectivity index (χ3v) is 2.40. The molecule has 98 valence electrons. The van der Waals surface area contributed by atoms with E-state index in [0.29, 0.717) is 13.2 Å². The van der Waals surface area contributed by atoms with Crippen molar-refractivity contribution in [2.24, 2.45) is 0 Å². The number of nitrogens with zero attached hydrogens (tertiary/aromatic N) is 2. The maximum atomic E-state index is 11.9. The number of likely N-dealkylation sites (N-methyl/N-ethyl adjacent to an activating group) is 1. The van der Waals surface area contributed by atoms with Crippen LogP contribution in [-0.2, 0) is 4.74 Å². The zero-order valence-electron chi connectivity index (χ0n) is 10.1. The second-order valence-electron chi connectivity index (χ2n) is 3.68. The highest BCUT2D eigenvalue weighted by atomic mass is 16.6. The first-order valence-electron chi connectivity index (χ1n) is 5.19. The number of rotatable bonds is 5. The van der Waals surface area contributed by atoms with Gasteiger partial charge in [0.15, 0.2) is 5.75 Å². The average Bonchev–Trinajstić information content (AvgIpc) is 2.34. The lowest BCUT2D eigenvalue weighted by atomic mass is 10.1. The molecule has 0 saturated carbocycles. The van der Waals surface area contributed by atoms with Crippen LogP contribution in [0.5, 0.6) is 5.75 Å². The minimum Gasteiger partial charge on any atom is -0.502 e. The molecule has 0 unspecified atom stereocenters. The Morgan fingerprint density at radius 3 is 2.72 bits per heavy atom. The lowest BCUT2D eigenvalue weighted by Gasteiger charge is -2.16. The number of hydrogen-bond acceptors (Lipinski definition) is 5. The van der Waals surface area contributed by atoms with E-state index in [1.54, 1.807) is 7.05 Å². The van der Waals surface area contributed by atoms with E-state index in [0.717, 1.165) is 12.1 Å². The molecule has 0 bridgehead atoms. The third kappa shape index (κ3) is 3.17. The van der Waals surface area contributed by atoms with Crippen LogP contribution in [0.25, 0.3) is 0 Å². The lowest BCUT2D eigenvalue weighted by Crippen LogP contribution is -2.29. The summed E-state index contributed by atoms with van der Waals surface area (Å²) in [6.45, 7) is 0.786. The largest absolute Gasteiger partial charge is 0.502 e. The van der Waals surface area contributed by atoms with Crippen LogP contribution in [0.4, 0.5) is 5.69 Å². The van der Waals surface area contributed by atoms with Gasteiger partial charge in [0, 0.05) is 32.3 Å². The van der Waals surface area contributed by atoms with Crippen molar-refractivity contribution in [2.45, 2.75) is 0 Å². The molecular weight excluding hydrogens is 240 g/mol. The summed E-state index contributed by atoms with van der Waals surface area (Å²) in [4.78, 5) is 23.1. The number of benzene rings is 1. The number of nitro benzene ring substituents is 1. The van der Waals surface area contributed by atoms with Crippen molar-refractivity contribution in [1.82, 2.24) is 4.90 Å². The predicted molar refractivity (Wildman–Crippen MR) is 63.6 cm³/mol. The molecule has 0 saturated heterocycles. The molecule has 0 aliphatic rings. The van der Waals surface area contributed by atoms with Crippen LogP contribution in [0.3, 0.4) is 0 Å². The number of hydrogen-bond donors (Lipinski definition) is 1. The van der Waals surface area contributed by atoms with Crippen molar-refractivity contribution in [3.63, 3.8) is 0 Å². The second-order valence-corrected chi connectivity index (χ2v) is 3.68. The zero-order valence-corrected chi connectivity index (χ0v) is 10.1. The van der Waals surface area contributed by atoms with E-state index in [-0.39, 0.29) is 11.5 Å².